The van der Waals surface area contributed by atoms with Crippen LogP contribution < -0.4 is 16.4 Å². The predicted molar refractivity (Wildman–Crippen MR) is 99.1 cm³/mol. The van der Waals surface area contributed by atoms with Crippen molar-refractivity contribution in [2.24, 2.45) is 5.73 Å². The number of aliphatic hydroxyl groups excluding tert-OH is 1. The fourth-order valence-electron chi connectivity index (χ4n) is 3.82. The Hall–Kier alpha value is -1.93. The SMILES string of the molecule is CCO[C@H]1CC[C@H](Nc2ncc(C(N)=O)c(N[C@@H]3CC[C@H](O)C3)n2)CC1. The van der Waals surface area contributed by atoms with Gasteiger partial charge in [0, 0.05) is 24.9 Å². The summed E-state index contributed by atoms with van der Waals surface area (Å²) < 4.78 is 5.68. The normalized spacial score (nSPS) is 28.7. The topological polar surface area (TPSA) is 122 Å². The van der Waals surface area contributed by atoms with Crippen molar-refractivity contribution in [3.63, 3.8) is 0 Å². The molecule has 0 bridgehead atoms. The van der Waals surface area contributed by atoms with Crippen LogP contribution in [0.5, 0.6) is 0 Å². The number of primary amides is 1. The fourth-order valence-corrected chi connectivity index (χ4v) is 3.82. The fraction of sp³-hybridized carbons (Fsp3) is 0.722. The molecule has 0 radical (unpaired) electrons. The smallest absolute Gasteiger partial charge is 0.254 e. The molecule has 2 saturated carbocycles. The van der Waals surface area contributed by atoms with Gasteiger partial charge in [-0.1, -0.05) is 0 Å². The van der Waals surface area contributed by atoms with Gasteiger partial charge >= 0.3 is 0 Å². The van der Waals surface area contributed by atoms with Gasteiger partial charge in [-0.15, -0.1) is 0 Å². The van der Waals surface area contributed by atoms with Crippen molar-refractivity contribution in [3.05, 3.63) is 11.8 Å². The van der Waals surface area contributed by atoms with E-state index in [1.165, 1.54) is 6.20 Å². The van der Waals surface area contributed by atoms with Crippen LogP contribution in [0.3, 0.4) is 0 Å². The molecule has 2 aliphatic rings. The van der Waals surface area contributed by atoms with Crippen LogP contribution in [-0.4, -0.2) is 51.9 Å². The van der Waals surface area contributed by atoms with E-state index < -0.39 is 5.91 Å². The lowest BCUT2D eigenvalue weighted by molar-refractivity contribution is 0.0346. The third-order valence-corrected chi connectivity index (χ3v) is 5.21. The third-order valence-electron chi connectivity index (χ3n) is 5.21. The number of amides is 1. The second-order valence-corrected chi connectivity index (χ2v) is 7.20. The van der Waals surface area contributed by atoms with E-state index in [1.54, 1.807) is 0 Å². The quantitative estimate of drug-likeness (QED) is 0.581. The molecule has 5 N–H and O–H groups in total. The summed E-state index contributed by atoms with van der Waals surface area (Å²) in [5.41, 5.74) is 5.73. The molecule has 0 aromatic carbocycles. The first kappa shape index (κ1) is 18.8. The van der Waals surface area contributed by atoms with E-state index in [9.17, 15) is 9.90 Å². The molecule has 0 spiro atoms. The zero-order valence-electron chi connectivity index (χ0n) is 15.3. The first-order valence-corrected chi connectivity index (χ1v) is 9.54. The molecule has 2 atom stereocenters. The first-order chi connectivity index (χ1) is 12.5. The minimum atomic E-state index is -0.560. The van der Waals surface area contributed by atoms with Gasteiger partial charge < -0.3 is 26.2 Å². The predicted octanol–water partition coefficient (Wildman–Crippen LogP) is 1.66. The molecule has 0 unspecified atom stereocenters. The van der Waals surface area contributed by atoms with Gasteiger partial charge in [0.25, 0.3) is 5.91 Å². The van der Waals surface area contributed by atoms with Gasteiger partial charge in [0.1, 0.15) is 5.82 Å². The van der Waals surface area contributed by atoms with Crippen LogP contribution in [0, 0.1) is 0 Å². The standard InChI is InChI=1S/C18H29N5O3/c1-2-26-14-7-4-11(5-8-14)22-18-20-10-15(16(19)25)17(23-18)21-12-3-6-13(24)9-12/h10-14,24H,2-9H2,1H3,(H2,19,25)(H2,20,21,22,23)/t11-,12-,13+,14-/m1/s1. The minimum absolute atomic E-state index is 0.0903. The number of ether oxygens (including phenoxy) is 1. The third kappa shape index (κ3) is 4.82. The lowest BCUT2D eigenvalue weighted by atomic mass is 9.93. The van der Waals surface area contributed by atoms with Crippen LogP contribution in [0.1, 0.15) is 62.2 Å². The number of carbonyl (C=O) groups excluding carboxylic acids is 1. The van der Waals surface area contributed by atoms with Gasteiger partial charge in [0.15, 0.2) is 0 Å². The Balaban J connectivity index is 1.64. The van der Waals surface area contributed by atoms with Crippen molar-refractivity contribution in [2.45, 2.75) is 76.2 Å². The number of hydrogen-bond acceptors (Lipinski definition) is 7. The van der Waals surface area contributed by atoms with Crippen molar-refractivity contribution in [1.29, 1.82) is 0 Å². The zero-order valence-corrected chi connectivity index (χ0v) is 15.3. The van der Waals surface area contributed by atoms with Crippen LogP contribution in [0.2, 0.25) is 0 Å². The van der Waals surface area contributed by atoms with E-state index in [4.69, 9.17) is 10.5 Å². The molecule has 144 valence electrons. The summed E-state index contributed by atoms with van der Waals surface area (Å²) in [7, 11) is 0. The highest BCUT2D eigenvalue weighted by atomic mass is 16.5. The number of nitrogens with one attached hydrogen (secondary N) is 2. The highest BCUT2D eigenvalue weighted by molar-refractivity contribution is 5.97. The van der Waals surface area contributed by atoms with Crippen molar-refractivity contribution in [2.75, 3.05) is 17.2 Å². The molecule has 3 rings (SSSR count). The Bertz CT molecular complexity index is 619. The molecule has 1 heterocycles. The van der Waals surface area contributed by atoms with Crippen molar-refractivity contribution in [3.8, 4) is 0 Å². The molecule has 1 aromatic heterocycles. The second kappa shape index (κ2) is 8.64. The highest BCUT2D eigenvalue weighted by Gasteiger charge is 2.26. The number of nitrogens with zero attached hydrogens (tertiary/aromatic N) is 2. The molecular formula is C18H29N5O3. The molecule has 8 heteroatoms. The average molecular weight is 363 g/mol. The summed E-state index contributed by atoms with van der Waals surface area (Å²) in [5.74, 6) is 0.378. The van der Waals surface area contributed by atoms with E-state index in [-0.39, 0.29) is 17.7 Å². The molecule has 1 aromatic rings. The molecule has 2 fully saturated rings. The number of hydrogen-bond donors (Lipinski definition) is 4. The van der Waals surface area contributed by atoms with Crippen molar-refractivity contribution < 1.29 is 14.6 Å². The summed E-state index contributed by atoms with van der Waals surface area (Å²) in [6.07, 6.45) is 7.81. The number of anilines is 2. The molecule has 8 nitrogen and oxygen atoms in total. The molecule has 2 aliphatic carbocycles. The summed E-state index contributed by atoms with van der Waals surface area (Å²) in [5, 5.41) is 16.3. The van der Waals surface area contributed by atoms with Crippen LogP contribution >= 0.6 is 0 Å². The minimum Gasteiger partial charge on any atom is -0.393 e. The van der Waals surface area contributed by atoms with E-state index in [2.05, 4.69) is 20.6 Å². The van der Waals surface area contributed by atoms with Gasteiger partial charge in [0.2, 0.25) is 5.95 Å². The Morgan fingerprint density at radius 1 is 1.23 bits per heavy atom. The number of nitrogens with two attached hydrogens (primary N) is 1. The molecule has 0 saturated heterocycles. The van der Waals surface area contributed by atoms with Crippen LogP contribution in [-0.2, 0) is 4.74 Å². The number of aromatic nitrogens is 2. The molecule has 0 aliphatic heterocycles. The van der Waals surface area contributed by atoms with Gasteiger partial charge in [-0.2, -0.15) is 4.98 Å². The Morgan fingerprint density at radius 3 is 2.58 bits per heavy atom. The van der Waals surface area contributed by atoms with Crippen LogP contribution in [0.25, 0.3) is 0 Å². The Kier molecular flexibility index (Phi) is 6.26. The summed E-state index contributed by atoms with van der Waals surface area (Å²) in [6, 6.07) is 0.389. The van der Waals surface area contributed by atoms with E-state index in [1.807, 2.05) is 6.92 Å². The second-order valence-electron chi connectivity index (χ2n) is 7.20. The van der Waals surface area contributed by atoms with Crippen LogP contribution in [0.4, 0.5) is 11.8 Å². The number of aliphatic hydroxyl groups is 1. The summed E-state index contributed by atoms with van der Waals surface area (Å²) >= 11 is 0. The summed E-state index contributed by atoms with van der Waals surface area (Å²) in [4.78, 5) is 20.4. The van der Waals surface area contributed by atoms with Gasteiger partial charge in [0.05, 0.1) is 17.8 Å². The molecule has 1 amide bonds. The Morgan fingerprint density at radius 2 is 1.96 bits per heavy atom. The average Bonchev–Trinajstić information content (AvgIpc) is 3.02. The maximum atomic E-state index is 11.7. The first-order valence-electron chi connectivity index (χ1n) is 9.54. The maximum absolute atomic E-state index is 11.7. The van der Waals surface area contributed by atoms with E-state index >= 15 is 0 Å². The van der Waals surface area contributed by atoms with Crippen molar-refractivity contribution in [1.82, 2.24) is 9.97 Å². The lowest BCUT2D eigenvalue weighted by Crippen LogP contribution is -2.31. The Labute approximate surface area is 153 Å². The summed E-state index contributed by atoms with van der Waals surface area (Å²) in [6.45, 7) is 2.78. The highest BCUT2D eigenvalue weighted by Crippen LogP contribution is 2.26. The van der Waals surface area contributed by atoms with E-state index in [0.717, 1.165) is 45.1 Å². The maximum Gasteiger partial charge on any atom is 0.254 e. The largest absolute Gasteiger partial charge is 0.393 e. The number of rotatable bonds is 7. The van der Waals surface area contributed by atoms with E-state index in [0.29, 0.717) is 30.3 Å². The van der Waals surface area contributed by atoms with Gasteiger partial charge in [-0.3, -0.25) is 4.79 Å². The van der Waals surface area contributed by atoms with Crippen molar-refractivity contribution >= 4 is 17.7 Å². The molecular weight excluding hydrogens is 334 g/mol. The van der Waals surface area contributed by atoms with Gasteiger partial charge in [-0.25, -0.2) is 4.98 Å². The zero-order chi connectivity index (χ0) is 18.5. The van der Waals surface area contributed by atoms with Gasteiger partial charge in [-0.05, 0) is 51.9 Å². The van der Waals surface area contributed by atoms with Crippen LogP contribution in [0.15, 0.2) is 6.20 Å². The monoisotopic (exact) mass is 363 g/mol. The lowest BCUT2D eigenvalue weighted by Gasteiger charge is -2.29. The molecule has 26 heavy (non-hydrogen) atoms. The number of carbonyl (C=O) groups is 1.